The lowest BCUT2D eigenvalue weighted by Gasteiger charge is -2.23. The molecule has 0 aliphatic carbocycles. The Morgan fingerprint density at radius 3 is 2.23 bits per heavy atom. The van der Waals surface area contributed by atoms with Crippen molar-refractivity contribution in [1.82, 2.24) is 0 Å². The van der Waals surface area contributed by atoms with Crippen molar-refractivity contribution in [3.8, 4) is 0 Å². The highest BCUT2D eigenvalue weighted by atomic mass is 31.0. The van der Waals surface area contributed by atoms with Crippen LogP contribution in [-0.2, 0) is 0 Å². The van der Waals surface area contributed by atoms with Gasteiger partial charge in [0.25, 0.3) is 0 Å². The SMILES string of the molecule is CCCC(C)(P)CCCCCCN. The second kappa shape index (κ2) is 7.76. The Labute approximate surface area is 86.1 Å². The van der Waals surface area contributed by atoms with E-state index in [-0.39, 0.29) is 0 Å². The Hall–Kier alpha value is 0.390. The van der Waals surface area contributed by atoms with Gasteiger partial charge < -0.3 is 5.73 Å². The van der Waals surface area contributed by atoms with Gasteiger partial charge in [0.1, 0.15) is 0 Å². The Morgan fingerprint density at radius 1 is 1.08 bits per heavy atom. The van der Waals surface area contributed by atoms with Gasteiger partial charge in [-0.15, -0.1) is 9.24 Å². The lowest BCUT2D eigenvalue weighted by Crippen LogP contribution is -2.14. The molecule has 0 rings (SSSR count). The third kappa shape index (κ3) is 8.71. The van der Waals surface area contributed by atoms with E-state index >= 15 is 0 Å². The molecule has 0 radical (unpaired) electrons. The van der Waals surface area contributed by atoms with Crippen LogP contribution >= 0.6 is 9.24 Å². The van der Waals surface area contributed by atoms with Gasteiger partial charge in [0.15, 0.2) is 0 Å². The normalized spacial score (nSPS) is 15.7. The molecule has 0 aromatic heterocycles. The van der Waals surface area contributed by atoms with Crippen LogP contribution in [0.5, 0.6) is 0 Å². The predicted octanol–water partition coefficient (Wildman–Crippen LogP) is 3.33. The van der Waals surface area contributed by atoms with Crippen LogP contribution in [0.4, 0.5) is 0 Å². The van der Waals surface area contributed by atoms with Crippen LogP contribution in [0.15, 0.2) is 0 Å². The first-order valence-corrected chi connectivity index (χ1v) is 6.19. The van der Waals surface area contributed by atoms with E-state index in [1.54, 1.807) is 0 Å². The van der Waals surface area contributed by atoms with Gasteiger partial charge >= 0.3 is 0 Å². The Morgan fingerprint density at radius 2 is 1.69 bits per heavy atom. The van der Waals surface area contributed by atoms with E-state index in [0.29, 0.717) is 5.16 Å². The topological polar surface area (TPSA) is 26.0 Å². The second-order valence-corrected chi connectivity index (χ2v) is 5.75. The molecule has 0 aliphatic heterocycles. The van der Waals surface area contributed by atoms with E-state index in [4.69, 9.17) is 5.73 Å². The molecule has 0 saturated carbocycles. The highest BCUT2D eigenvalue weighted by molar-refractivity contribution is 7.18. The van der Waals surface area contributed by atoms with E-state index in [2.05, 4.69) is 23.1 Å². The van der Waals surface area contributed by atoms with Crippen molar-refractivity contribution in [2.45, 2.75) is 63.9 Å². The molecule has 0 saturated heterocycles. The Kier molecular flexibility index (Phi) is 8.00. The second-order valence-electron chi connectivity index (χ2n) is 4.36. The summed E-state index contributed by atoms with van der Waals surface area (Å²) in [5.74, 6) is 0. The van der Waals surface area contributed by atoms with Crippen LogP contribution in [0.2, 0.25) is 0 Å². The molecule has 80 valence electrons. The van der Waals surface area contributed by atoms with Gasteiger partial charge in [-0.1, -0.05) is 39.5 Å². The number of rotatable bonds is 8. The van der Waals surface area contributed by atoms with Gasteiger partial charge in [0.2, 0.25) is 0 Å². The number of nitrogens with two attached hydrogens (primary N) is 1. The standard InChI is InChI=1S/C11H26NP/c1-3-8-11(2,13)9-6-4-5-7-10-12/h3-10,12-13H2,1-2H3. The van der Waals surface area contributed by atoms with E-state index in [1.807, 2.05) is 0 Å². The molecule has 0 bridgehead atoms. The average Bonchev–Trinajstić information content (AvgIpc) is 2.04. The minimum absolute atomic E-state index is 0.484. The minimum atomic E-state index is 0.484. The molecule has 2 atom stereocenters. The van der Waals surface area contributed by atoms with Crippen LogP contribution < -0.4 is 5.73 Å². The molecular weight excluding hydrogens is 177 g/mol. The summed E-state index contributed by atoms with van der Waals surface area (Å²) in [4.78, 5) is 0. The lowest BCUT2D eigenvalue weighted by molar-refractivity contribution is 0.493. The fourth-order valence-corrected chi connectivity index (χ4v) is 2.22. The molecule has 0 aromatic carbocycles. The van der Waals surface area contributed by atoms with Gasteiger partial charge in [0.05, 0.1) is 0 Å². The summed E-state index contributed by atoms with van der Waals surface area (Å²) in [5, 5.41) is 0.484. The van der Waals surface area contributed by atoms with Crippen molar-refractivity contribution >= 4 is 9.24 Å². The molecule has 2 unspecified atom stereocenters. The zero-order chi connectivity index (χ0) is 10.2. The molecule has 2 N–H and O–H groups in total. The zero-order valence-electron chi connectivity index (χ0n) is 9.31. The zero-order valence-corrected chi connectivity index (χ0v) is 10.5. The molecular formula is C11H26NP. The predicted molar refractivity (Wildman–Crippen MR) is 65.2 cm³/mol. The van der Waals surface area contributed by atoms with Gasteiger partial charge in [-0.05, 0) is 31.0 Å². The van der Waals surface area contributed by atoms with E-state index < -0.39 is 0 Å². The highest BCUT2D eigenvalue weighted by Crippen LogP contribution is 2.29. The minimum Gasteiger partial charge on any atom is -0.330 e. The molecule has 0 aromatic rings. The quantitative estimate of drug-likeness (QED) is 0.475. The molecule has 0 heterocycles. The molecule has 0 aliphatic rings. The lowest BCUT2D eigenvalue weighted by atomic mass is 9.97. The van der Waals surface area contributed by atoms with Gasteiger partial charge in [-0.2, -0.15) is 0 Å². The fourth-order valence-electron chi connectivity index (χ4n) is 1.72. The van der Waals surface area contributed by atoms with Gasteiger partial charge in [-0.3, -0.25) is 0 Å². The average molecular weight is 203 g/mol. The first-order valence-electron chi connectivity index (χ1n) is 5.61. The Balaban J connectivity index is 3.29. The third-order valence-corrected chi connectivity index (χ3v) is 3.10. The molecule has 13 heavy (non-hydrogen) atoms. The summed E-state index contributed by atoms with van der Waals surface area (Å²) >= 11 is 0. The van der Waals surface area contributed by atoms with Gasteiger partial charge in [-0.25, -0.2) is 0 Å². The van der Waals surface area contributed by atoms with Crippen LogP contribution in [0.3, 0.4) is 0 Å². The van der Waals surface area contributed by atoms with Crippen molar-refractivity contribution < 1.29 is 0 Å². The first-order chi connectivity index (χ1) is 6.12. The number of hydrogen-bond acceptors (Lipinski definition) is 1. The molecule has 0 amide bonds. The summed E-state index contributed by atoms with van der Waals surface area (Å²) in [6.45, 7) is 5.47. The third-order valence-electron chi connectivity index (χ3n) is 2.52. The maximum Gasteiger partial charge on any atom is -0.00773 e. The van der Waals surface area contributed by atoms with Crippen molar-refractivity contribution in [2.75, 3.05) is 6.54 Å². The summed E-state index contributed by atoms with van der Waals surface area (Å²) in [6.07, 6.45) is 9.18. The fraction of sp³-hybridized carbons (Fsp3) is 1.00. The molecule has 1 nitrogen and oxygen atoms in total. The van der Waals surface area contributed by atoms with Crippen molar-refractivity contribution in [3.63, 3.8) is 0 Å². The molecule has 0 fully saturated rings. The van der Waals surface area contributed by atoms with Crippen molar-refractivity contribution in [3.05, 3.63) is 0 Å². The van der Waals surface area contributed by atoms with E-state index in [1.165, 1.54) is 44.9 Å². The smallest absolute Gasteiger partial charge is 0.00773 e. The number of hydrogen-bond donors (Lipinski definition) is 1. The monoisotopic (exact) mass is 203 g/mol. The van der Waals surface area contributed by atoms with E-state index in [9.17, 15) is 0 Å². The van der Waals surface area contributed by atoms with Crippen molar-refractivity contribution in [1.29, 1.82) is 0 Å². The molecule has 2 heteroatoms. The summed E-state index contributed by atoms with van der Waals surface area (Å²) in [5.41, 5.74) is 5.44. The maximum atomic E-state index is 5.44. The van der Waals surface area contributed by atoms with Crippen LogP contribution in [0.1, 0.15) is 58.8 Å². The van der Waals surface area contributed by atoms with Gasteiger partial charge in [0, 0.05) is 0 Å². The summed E-state index contributed by atoms with van der Waals surface area (Å²) in [7, 11) is 3.01. The number of unbranched alkanes of at least 4 members (excludes halogenated alkanes) is 3. The first kappa shape index (κ1) is 13.4. The van der Waals surface area contributed by atoms with Crippen LogP contribution in [-0.4, -0.2) is 11.7 Å². The summed E-state index contributed by atoms with van der Waals surface area (Å²) < 4.78 is 0. The highest BCUT2D eigenvalue weighted by Gasteiger charge is 2.15. The van der Waals surface area contributed by atoms with Crippen molar-refractivity contribution in [2.24, 2.45) is 5.73 Å². The van der Waals surface area contributed by atoms with Crippen LogP contribution in [0, 0.1) is 0 Å². The summed E-state index contributed by atoms with van der Waals surface area (Å²) in [6, 6.07) is 0. The molecule has 0 spiro atoms. The van der Waals surface area contributed by atoms with Crippen LogP contribution in [0.25, 0.3) is 0 Å². The van der Waals surface area contributed by atoms with E-state index in [0.717, 1.165) is 6.54 Å². The largest absolute Gasteiger partial charge is 0.330 e. The maximum absolute atomic E-state index is 5.44. The Bertz CT molecular complexity index is 113.